The molecule has 9 heteroatoms. The molecule has 0 aromatic carbocycles. The molecule has 6 nitrogen and oxygen atoms in total. The van der Waals surface area contributed by atoms with Crippen LogP contribution in [0.3, 0.4) is 0 Å². The molecule has 0 saturated heterocycles. The maximum atomic E-state index is 12.5. The molecule has 2 aromatic rings. The Morgan fingerprint density at radius 2 is 2.30 bits per heavy atom. The van der Waals surface area contributed by atoms with Crippen molar-refractivity contribution < 1.29 is 13.5 Å². The highest BCUT2D eigenvalue weighted by molar-refractivity contribution is 7.89. The minimum absolute atomic E-state index is 0.0398. The Balaban J connectivity index is 1.97. The second kappa shape index (κ2) is 4.41. The average molecular weight is 336 g/mol. The van der Waals surface area contributed by atoms with Crippen LogP contribution in [-0.4, -0.2) is 35.1 Å². The highest BCUT2D eigenvalue weighted by Gasteiger charge is 2.49. The summed E-state index contributed by atoms with van der Waals surface area (Å²) in [5.41, 5.74) is -0.488. The van der Waals surface area contributed by atoms with Crippen molar-refractivity contribution >= 4 is 37.9 Å². The maximum Gasteiger partial charge on any atom is 0.260 e. The van der Waals surface area contributed by atoms with E-state index >= 15 is 0 Å². The molecule has 1 saturated carbocycles. The van der Waals surface area contributed by atoms with Gasteiger partial charge in [-0.1, -0.05) is 25.4 Å². The summed E-state index contributed by atoms with van der Waals surface area (Å²) in [6.45, 7) is 3.65. The van der Waals surface area contributed by atoms with Crippen molar-refractivity contribution in [3.63, 3.8) is 0 Å². The number of imidazole rings is 1. The number of aromatic nitrogens is 2. The Hall–Kier alpha value is -0.670. The summed E-state index contributed by atoms with van der Waals surface area (Å²) in [7, 11) is -3.78. The normalized spacial score (nSPS) is 25.8. The van der Waals surface area contributed by atoms with E-state index < -0.39 is 21.5 Å². The standard InChI is InChI=1S/C11H14ClN3O3S2/c1-11(2)6(5-7(11)16)14-20(17,18)9-8(12)13-10-15(9)3-4-19-10/h3-4,6-7,14,16H,5H2,1-2H3. The second-order valence-corrected chi connectivity index (χ2v) is 8.37. The summed E-state index contributed by atoms with van der Waals surface area (Å²) in [4.78, 5) is 4.55. The Kier molecular flexibility index (Phi) is 3.15. The van der Waals surface area contributed by atoms with E-state index in [9.17, 15) is 13.5 Å². The lowest BCUT2D eigenvalue weighted by Gasteiger charge is -2.49. The van der Waals surface area contributed by atoms with Crippen molar-refractivity contribution in [1.82, 2.24) is 14.1 Å². The van der Waals surface area contributed by atoms with Crippen molar-refractivity contribution in [1.29, 1.82) is 0 Å². The van der Waals surface area contributed by atoms with Crippen LogP contribution in [0.25, 0.3) is 4.96 Å². The van der Waals surface area contributed by atoms with E-state index in [-0.39, 0.29) is 16.2 Å². The van der Waals surface area contributed by atoms with Crippen molar-refractivity contribution in [3.8, 4) is 0 Å². The van der Waals surface area contributed by atoms with Gasteiger partial charge in [-0.25, -0.2) is 18.1 Å². The van der Waals surface area contributed by atoms with Gasteiger partial charge in [0.15, 0.2) is 15.1 Å². The van der Waals surface area contributed by atoms with Crippen LogP contribution >= 0.6 is 22.9 Å². The van der Waals surface area contributed by atoms with Gasteiger partial charge in [0.25, 0.3) is 10.0 Å². The smallest absolute Gasteiger partial charge is 0.260 e. The molecule has 20 heavy (non-hydrogen) atoms. The van der Waals surface area contributed by atoms with Crippen molar-refractivity contribution in [2.75, 3.05) is 0 Å². The third-order valence-electron chi connectivity index (χ3n) is 3.95. The molecule has 3 rings (SSSR count). The number of aliphatic hydroxyl groups is 1. The van der Waals surface area contributed by atoms with Gasteiger partial charge in [-0.15, -0.1) is 11.3 Å². The SMILES string of the molecule is CC1(C)C(O)CC1NS(=O)(=O)c1c(Cl)nc2sccn12. The molecule has 0 radical (unpaired) electrons. The first kappa shape index (κ1) is 14.3. The lowest BCUT2D eigenvalue weighted by Crippen LogP contribution is -2.61. The fourth-order valence-electron chi connectivity index (χ4n) is 2.32. The highest BCUT2D eigenvalue weighted by Crippen LogP contribution is 2.41. The van der Waals surface area contributed by atoms with Gasteiger partial charge in [0.2, 0.25) is 0 Å². The van der Waals surface area contributed by atoms with Crippen LogP contribution in [0, 0.1) is 5.41 Å². The quantitative estimate of drug-likeness (QED) is 0.890. The first-order chi connectivity index (χ1) is 9.23. The third kappa shape index (κ3) is 1.98. The molecular formula is C11H14ClN3O3S2. The molecule has 2 N–H and O–H groups in total. The van der Waals surface area contributed by atoms with Gasteiger partial charge < -0.3 is 5.11 Å². The minimum Gasteiger partial charge on any atom is -0.392 e. The molecule has 2 atom stereocenters. The van der Waals surface area contributed by atoms with E-state index in [0.29, 0.717) is 11.4 Å². The highest BCUT2D eigenvalue weighted by atomic mass is 35.5. The zero-order valence-corrected chi connectivity index (χ0v) is 13.3. The number of rotatable bonds is 3. The van der Waals surface area contributed by atoms with E-state index in [1.165, 1.54) is 15.7 Å². The Labute approximate surface area is 125 Å². The number of thiazole rings is 1. The molecule has 110 valence electrons. The van der Waals surface area contributed by atoms with Crippen molar-refractivity contribution in [3.05, 3.63) is 16.7 Å². The van der Waals surface area contributed by atoms with Crippen LogP contribution < -0.4 is 4.72 Å². The molecule has 2 aromatic heterocycles. The molecule has 2 heterocycles. The number of aliphatic hydroxyl groups excluding tert-OH is 1. The van der Waals surface area contributed by atoms with Crippen LogP contribution in [0.1, 0.15) is 20.3 Å². The summed E-state index contributed by atoms with van der Waals surface area (Å²) in [5, 5.41) is 11.3. The van der Waals surface area contributed by atoms with Crippen LogP contribution in [0.2, 0.25) is 5.15 Å². The van der Waals surface area contributed by atoms with Gasteiger partial charge >= 0.3 is 0 Å². The molecule has 1 fully saturated rings. The molecule has 0 amide bonds. The fraction of sp³-hybridized carbons (Fsp3) is 0.545. The zero-order chi connectivity index (χ0) is 14.7. The molecule has 0 spiro atoms. The first-order valence-electron chi connectivity index (χ1n) is 6.05. The first-order valence-corrected chi connectivity index (χ1v) is 8.79. The third-order valence-corrected chi connectivity index (χ3v) is 6.57. The summed E-state index contributed by atoms with van der Waals surface area (Å²) in [5.74, 6) is 0. The fourth-order valence-corrected chi connectivity index (χ4v) is 5.18. The van der Waals surface area contributed by atoms with Crippen LogP contribution in [-0.2, 0) is 10.0 Å². The molecular weight excluding hydrogens is 322 g/mol. The predicted octanol–water partition coefficient (Wildman–Crippen LogP) is 1.49. The van der Waals surface area contributed by atoms with Gasteiger partial charge in [-0.05, 0) is 6.42 Å². The molecule has 0 aliphatic heterocycles. The van der Waals surface area contributed by atoms with Crippen LogP contribution in [0.15, 0.2) is 16.6 Å². The topological polar surface area (TPSA) is 83.7 Å². The largest absolute Gasteiger partial charge is 0.392 e. The Bertz CT molecular complexity index is 765. The van der Waals surface area contributed by atoms with Gasteiger partial charge in [0, 0.05) is 23.0 Å². The number of nitrogens with zero attached hydrogens (tertiary/aromatic N) is 2. The lowest BCUT2D eigenvalue weighted by atomic mass is 9.65. The number of fused-ring (bicyclic) bond motifs is 1. The Morgan fingerprint density at radius 3 is 2.90 bits per heavy atom. The molecule has 2 unspecified atom stereocenters. The van der Waals surface area contributed by atoms with Gasteiger partial charge in [0.05, 0.1) is 6.10 Å². The molecule has 1 aliphatic rings. The molecule has 0 bridgehead atoms. The number of hydrogen-bond acceptors (Lipinski definition) is 5. The second-order valence-electron chi connectivity index (χ2n) is 5.51. The van der Waals surface area contributed by atoms with E-state index in [2.05, 4.69) is 9.71 Å². The monoisotopic (exact) mass is 335 g/mol. The maximum absolute atomic E-state index is 12.5. The summed E-state index contributed by atoms with van der Waals surface area (Å²) < 4.78 is 29.0. The number of nitrogens with one attached hydrogen (secondary N) is 1. The number of halogens is 1. The van der Waals surface area contributed by atoms with E-state index in [4.69, 9.17) is 11.6 Å². The lowest BCUT2D eigenvalue weighted by molar-refractivity contribution is -0.0645. The van der Waals surface area contributed by atoms with Gasteiger partial charge in [-0.2, -0.15) is 0 Å². The van der Waals surface area contributed by atoms with Gasteiger partial charge in [-0.3, -0.25) is 4.40 Å². The number of sulfonamides is 1. The summed E-state index contributed by atoms with van der Waals surface area (Å²) in [6, 6.07) is -0.317. The van der Waals surface area contributed by atoms with Crippen molar-refractivity contribution in [2.24, 2.45) is 5.41 Å². The van der Waals surface area contributed by atoms with Gasteiger partial charge in [0.1, 0.15) is 0 Å². The van der Waals surface area contributed by atoms with Crippen LogP contribution in [0.5, 0.6) is 0 Å². The Morgan fingerprint density at radius 1 is 1.60 bits per heavy atom. The minimum atomic E-state index is -3.78. The molecule has 1 aliphatic carbocycles. The van der Waals surface area contributed by atoms with Crippen LogP contribution in [0.4, 0.5) is 0 Å². The van der Waals surface area contributed by atoms with Crippen molar-refractivity contribution in [2.45, 2.75) is 37.4 Å². The summed E-state index contributed by atoms with van der Waals surface area (Å²) >= 11 is 7.26. The number of hydrogen-bond donors (Lipinski definition) is 2. The average Bonchev–Trinajstić information content (AvgIpc) is 2.87. The van der Waals surface area contributed by atoms with E-state index in [0.717, 1.165) is 0 Å². The summed E-state index contributed by atoms with van der Waals surface area (Å²) in [6.07, 6.45) is 1.51. The predicted molar refractivity (Wildman–Crippen MR) is 76.6 cm³/mol. The van der Waals surface area contributed by atoms with E-state index in [1.807, 2.05) is 13.8 Å². The van der Waals surface area contributed by atoms with E-state index in [1.54, 1.807) is 11.6 Å². The zero-order valence-electron chi connectivity index (χ0n) is 10.9.